The molecule has 1 heterocycles. The zero-order valence-electron chi connectivity index (χ0n) is 8.61. The molecule has 1 N–H and O–H groups in total. The van der Waals surface area contributed by atoms with Crippen LogP contribution in [0.15, 0.2) is 0 Å². The minimum atomic E-state index is -0.178. The number of carbonyl (C=O) groups is 1. The lowest BCUT2D eigenvalue weighted by molar-refractivity contribution is -0.133. The third kappa shape index (κ3) is 2.71. The number of likely N-dealkylation sites (tertiary alicyclic amines) is 1. The summed E-state index contributed by atoms with van der Waals surface area (Å²) in [6.07, 6.45) is 5.79. The lowest BCUT2D eigenvalue weighted by atomic mass is 10.1. The molecule has 0 radical (unpaired) electrons. The average molecular weight is 197 g/mol. The summed E-state index contributed by atoms with van der Waals surface area (Å²) in [7, 11) is 0. The molecule has 0 unspecified atom stereocenters. The molecule has 1 amide bonds. The van der Waals surface area contributed by atoms with Gasteiger partial charge in [0.2, 0.25) is 5.91 Å². The predicted molar refractivity (Wildman–Crippen MR) is 53.8 cm³/mol. The fourth-order valence-corrected chi connectivity index (χ4v) is 2.01. The Morgan fingerprint density at radius 1 is 1.21 bits per heavy atom. The van der Waals surface area contributed by atoms with E-state index in [1.807, 2.05) is 4.90 Å². The summed E-state index contributed by atoms with van der Waals surface area (Å²) in [4.78, 5) is 13.6. The van der Waals surface area contributed by atoms with Gasteiger partial charge in [-0.15, -0.1) is 0 Å². The first kappa shape index (κ1) is 9.97. The summed E-state index contributed by atoms with van der Waals surface area (Å²) in [5.41, 5.74) is 0. The maximum atomic E-state index is 11.7. The van der Waals surface area contributed by atoms with Crippen LogP contribution in [-0.4, -0.2) is 35.1 Å². The molecule has 2 rings (SSSR count). The standard InChI is InChI=1S/C11H19NO2/c13-10-5-7-12(8-6-10)11(14)4-3-9-1-2-9/h9-10,13H,1-8H2. The molecule has 1 aliphatic heterocycles. The van der Waals surface area contributed by atoms with Crippen LogP contribution in [0.25, 0.3) is 0 Å². The topological polar surface area (TPSA) is 40.5 Å². The molecule has 80 valence electrons. The number of aliphatic hydroxyl groups is 1. The van der Waals surface area contributed by atoms with Gasteiger partial charge in [0.25, 0.3) is 0 Å². The highest BCUT2D eigenvalue weighted by molar-refractivity contribution is 5.76. The van der Waals surface area contributed by atoms with E-state index in [0.29, 0.717) is 5.91 Å². The van der Waals surface area contributed by atoms with Crippen LogP contribution in [0.4, 0.5) is 0 Å². The molecule has 14 heavy (non-hydrogen) atoms. The van der Waals surface area contributed by atoms with Crippen molar-refractivity contribution in [3.05, 3.63) is 0 Å². The first-order chi connectivity index (χ1) is 6.75. The molecule has 0 aromatic carbocycles. The first-order valence-electron chi connectivity index (χ1n) is 5.71. The van der Waals surface area contributed by atoms with Crippen LogP contribution in [0.3, 0.4) is 0 Å². The molecule has 0 bridgehead atoms. The lowest BCUT2D eigenvalue weighted by Gasteiger charge is -2.29. The summed E-state index contributed by atoms with van der Waals surface area (Å²) in [6, 6.07) is 0. The van der Waals surface area contributed by atoms with Crippen molar-refractivity contribution in [1.82, 2.24) is 4.90 Å². The predicted octanol–water partition coefficient (Wildman–Crippen LogP) is 1.16. The summed E-state index contributed by atoms with van der Waals surface area (Å²) in [5, 5.41) is 9.30. The second-order valence-electron chi connectivity index (χ2n) is 4.59. The van der Waals surface area contributed by atoms with Crippen LogP contribution in [-0.2, 0) is 4.79 Å². The Labute approximate surface area is 85.1 Å². The van der Waals surface area contributed by atoms with Crippen molar-refractivity contribution in [3.63, 3.8) is 0 Å². The van der Waals surface area contributed by atoms with Crippen LogP contribution < -0.4 is 0 Å². The number of nitrogens with zero attached hydrogens (tertiary/aromatic N) is 1. The summed E-state index contributed by atoms with van der Waals surface area (Å²) >= 11 is 0. The number of piperidine rings is 1. The summed E-state index contributed by atoms with van der Waals surface area (Å²) in [6.45, 7) is 1.51. The van der Waals surface area contributed by atoms with E-state index in [9.17, 15) is 9.90 Å². The molecule has 0 aromatic rings. The summed E-state index contributed by atoms with van der Waals surface area (Å²) < 4.78 is 0. The van der Waals surface area contributed by atoms with Crippen molar-refractivity contribution < 1.29 is 9.90 Å². The van der Waals surface area contributed by atoms with Crippen molar-refractivity contribution in [2.24, 2.45) is 5.92 Å². The monoisotopic (exact) mass is 197 g/mol. The van der Waals surface area contributed by atoms with Crippen molar-refractivity contribution in [2.75, 3.05) is 13.1 Å². The van der Waals surface area contributed by atoms with E-state index in [1.165, 1.54) is 12.8 Å². The van der Waals surface area contributed by atoms with Crippen molar-refractivity contribution >= 4 is 5.91 Å². The molecule has 1 saturated carbocycles. The van der Waals surface area contributed by atoms with E-state index in [0.717, 1.165) is 44.7 Å². The zero-order chi connectivity index (χ0) is 9.97. The van der Waals surface area contributed by atoms with Crippen LogP contribution in [0.5, 0.6) is 0 Å². The van der Waals surface area contributed by atoms with E-state index in [4.69, 9.17) is 0 Å². The number of hydrogen-bond donors (Lipinski definition) is 1. The Bertz CT molecular complexity index is 205. The van der Waals surface area contributed by atoms with E-state index in [-0.39, 0.29) is 6.10 Å². The number of amides is 1. The van der Waals surface area contributed by atoms with Gasteiger partial charge in [0.05, 0.1) is 6.10 Å². The average Bonchev–Trinajstić information content (AvgIpc) is 2.99. The SMILES string of the molecule is O=C(CCC1CC1)N1CCC(O)CC1. The lowest BCUT2D eigenvalue weighted by Crippen LogP contribution is -2.39. The molecule has 0 atom stereocenters. The highest BCUT2D eigenvalue weighted by Crippen LogP contribution is 2.33. The Hall–Kier alpha value is -0.570. The third-order valence-corrected chi connectivity index (χ3v) is 3.28. The molecule has 3 nitrogen and oxygen atoms in total. The van der Waals surface area contributed by atoms with E-state index >= 15 is 0 Å². The zero-order valence-corrected chi connectivity index (χ0v) is 8.61. The Morgan fingerprint density at radius 2 is 1.86 bits per heavy atom. The number of hydrogen-bond acceptors (Lipinski definition) is 2. The van der Waals surface area contributed by atoms with Gasteiger partial charge >= 0.3 is 0 Å². The van der Waals surface area contributed by atoms with E-state index in [2.05, 4.69) is 0 Å². The second-order valence-corrected chi connectivity index (χ2v) is 4.59. The van der Waals surface area contributed by atoms with Gasteiger partial charge in [-0.3, -0.25) is 4.79 Å². The summed E-state index contributed by atoms with van der Waals surface area (Å²) in [5.74, 6) is 1.14. The molecular formula is C11H19NO2. The highest BCUT2D eigenvalue weighted by Gasteiger charge is 2.25. The van der Waals surface area contributed by atoms with Crippen molar-refractivity contribution in [1.29, 1.82) is 0 Å². The van der Waals surface area contributed by atoms with Gasteiger partial charge in [-0.25, -0.2) is 0 Å². The van der Waals surface area contributed by atoms with Gasteiger partial charge in [-0.1, -0.05) is 12.8 Å². The smallest absolute Gasteiger partial charge is 0.222 e. The number of rotatable bonds is 3. The third-order valence-electron chi connectivity index (χ3n) is 3.28. The molecular weight excluding hydrogens is 178 g/mol. The normalized spacial score (nSPS) is 23.9. The van der Waals surface area contributed by atoms with Crippen molar-refractivity contribution in [2.45, 2.75) is 44.6 Å². The molecule has 1 saturated heterocycles. The minimum Gasteiger partial charge on any atom is -0.393 e. The molecule has 0 spiro atoms. The quantitative estimate of drug-likeness (QED) is 0.737. The second kappa shape index (κ2) is 4.30. The van der Waals surface area contributed by atoms with Gasteiger partial charge < -0.3 is 10.0 Å². The van der Waals surface area contributed by atoms with Gasteiger partial charge in [0.1, 0.15) is 0 Å². The number of aliphatic hydroxyl groups excluding tert-OH is 1. The molecule has 2 fully saturated rings. The Kier molecular flexibility index (Phi) is 3.06. The molecule has 1 aliphatic carbocycles. The fraction of sp³-hybridized carbons (Fsp3) is 0.909. The number of carbonyl (C=O) groups excluding carboxylic acids is 1. The largest absolute Gasteiger partial charge is 0.393 e. The van der Waals surface area contributed by atoms with E-state index in [1.54, 1.807) is 0 Å². The van der Waals surface area contributed by atoms with Crippen LogP contribution in [0, 0.1) is 5.92 Å². The first-order valence-corrected chi connectivity index (χ1v) is 5.71. The van der Waals surface area contributed by atoms with Crippen molar-refractivity contribution in [3.8, 4) is 0 Å². The van der Waals surface area contributed by atoms with Crippen LogP contribution in [0.1, 0.15) is 38.5 Å². The molecule has 2 aliphatic rings. The van der Waals surface area contributed by atoms with Crippen LogP contribution >= 0.6 is 0 Å². The Morgan fingerprint density at radius 3 is 2.43 bits per heavy atom. The van der Waals surface area contributed by atoms with Gasteiger partial charge in [0, 0.05) is 19.5 Å². The molecule has 0 aromatic heterocycles. The van der Waals surface area contributed by atoms with Gasteiger partial charge in [0.15, 0.2) is 0 Å². The molecule has 3 heteroatoms. The highest BCUT2D eigenvalue weighted by atomic mass is 16.3. The maximum Gasteiger partial charge on any atom is 0.222 e. The minimum absolute atomic E-state index is 0.178. The van der Waals surface area contributed by atoms with Gasteiger partial charge in [-0.05, 0) is 25.2 Å². The maximum absolute atomic E-state index is 11.7. The van der Waals surface area contributed by atoms with E-state index < -0.39 is 0 Å². The van der Waals surface area contributed by atoms with Gasteiger partial charge in [-0.2, -0.15) is 0 Å². The Balaban J connectivity index is 1.68. The fourth-order valence-electron chi connectivity index (χ4n) is 2.01. The van der Waals surface area contributed by atoms with Crippen LogP contribution in [0.2, 0.25) is 0 Å².